The molecule has 0 aromatic carbocycles. The van der Waals surface area contributed by atoms with Crippen LogP contribution in [-0.4, -0.2) is 96.7 Å². The molecule has 0 saturated carbocycles. The minimum Gasteiger partial charge on any atom is -0.462 e. The van der Waals surface area contributed by atoms with E-state index in [1.807, 2.05) is 6.92 Å². The fourth-order valence-corrected chi connectivity index (χ4v) is 8.25. The van der Waals surface area contributed by atoms with Gasteiger partial charge in [0.05, 0.1) is 26.4 Å². The number of aliphatic hydroxyl groups excluding tert-OH is 1. The van der Waals surface area contributed by atoms with Crippen LogP contribution in [0.1, 0.15) is 220 Å². The number of ether oxygens (including phenoxy) is 4. The Morgan fingerprint density at radius 1 is 0.364 bits per heavy atom. The lowest BCUT2D eigenvalue weighted by Crippen LogP contribution is -2.30. The van der Waals surface area contributed by atoms with E-state index in [0.717, 1.165) is 77.0 Å². The Hall–Kier alpha value is -1.94. The van der Waals surface area contributed by atoms with Crippen LogP contribution in [0, 0.1) is 0 Å². The molecule has 66 heavy (non-hydrogen) atoms. The number of carbonyl (C=O) groups is 4. The summed E-state index contributed by atoms with van der Waals surface area (Å²) in [5.41, 5.74) is 0. The van der Waals surface area contributed by atoms with Crippen LogP contribution in [0.25, 0.3) is 0 Å². The maximum absolute atomic E-state index is 12.7. The summed E-state index contributed by atoms with van der Waals surface area (Å²) in [5, 5.41) is 10.3. The van der Waals surface area contributed by atoms with Crippen molar-refractivity contribution in [3.05, 3.63) is 0 Å². The van der Waals surface area contributed by atoms with Crippen molar-refractivity contribution in [2.45, 2.75) is 239 Å². The van der Waals surface area contributed by atoms with E-state index in [9.17, 15) is 43.2 Å². The third-order valence-corrected chi connectivity index (χ3v) is 12.5. The van der Waals surface area contributed by atoms with E-state index in [0.29, 0.717) is 25.7 Å². The SMILES string of the molecule is CCCCCCCCCCCCCCCCCC(=O)O[C@H](COC(=O)CCC)COP(=O)(O)OC[C@H](O)COP(=O)(O)OC[C@@H](COC(=O)CCCCCC)OC(=O)CCCCCCCC. The molecular formula is C47H90O17P2. The van der Waals surface area contributed by atoms with Gasteiger partial charge in [0.15, 0.2) is 12.2 Å². The second-order valence-electron chi connectivity index (χ2n) is 17.1. The highest BCUT2D eigenvalue weighted by Gasteiger charge is 2.30. The number of hydrogen-bond donors (Lipinski definition) is 3. The van der Waals surface area contributed by atoms with Gasteiger partial charge in [-0.15, -0.1) is 0 Å². The number of phosphoric ester groups is 2. The summed E-state index contributed by atoms with van der Waals surface area (Å²) in [7, 11) is -9.81. The van der Waals surface area contributed by atoms with E-state index in [1.54, 1.807) is 6.92 Å². The Morgan fingerprint density at radius 2 is 0.636 bits per heavy atom. The van der Waals surface area contributed by atoms with Crippen molar-refractivity contribution in [2.24, 2.45) is 0 Å². The van der Waals surface area contributed by atoms with Crippen LogP contribution in [0.4, 0.5) is 0 Å². The van der Waals surface area contributed by atoms with Crippen LogP contribution >= 0.6 is 15.6 Å². The molecule has 0 heterocycles. The minimum absolute atomic E-state index is 0.100. The Balaban J connectivity index is 4.86. The zero-order valence-electron chi connectivity index (χ0n) is 41.1. The Labute approximate surface area is 397 Å². The first-order valence-electron chi connectivity index (χ1n) is 25.3. The third-order valence-electron chi connectivity index (χ3n) is 10.6. The largest absolute Gasteiger partial charge is 0.472 e. The van der Waals surface area contributed by atoms with Gasteiger partial charge < -0.3 is 33.8 Å². The van der Waals surface area contributed by atoms with Crippen LogP contribution in [0.5, 0.6) is 0 Å². The van der Waals surface area contributed by atoms with Crippen LogP contribution in [0.3, 0.4) is 0 Å². The molecule has 0 radical (unpaired) electrons. The van der Waals surface area contributed by atoms with Crippen molar-refractivity contribution in [2.75, 3.05) is 39.6 Å². The summed E-state index contributed by atoms with van der Waals surface area (Å²) >= 11 is 0. The maximum atomic E-state index is 12.7. The van der Waals surface area contributed by atoms with E-state index in [2.05, 4.69) is 13.8 Å². The summed E-state index contributed by atoms with van der Waals surface area (Å²) in [6.07, 6.45) is 23.6. The average molecular weight is 989 g/mol. The lowest BCUT2D eigenvalue weighted by Gasteiger charge is -2.21. The molecular weight excluding hydrogens is 898 g/mol. The average Bonchev–Trinajstić information content (AvgIpc) is 3.28. The molecule has 0 aliphatic heterocycles. The van der Waals surface area contributed by atoms with Gasteiger partial charge in [0.1, 0.15) is 19.3 Å². The van der Waals surface area contributed by atoms with Crippen molar-refractivity contribution in [1.82, 2.24) is 0 Å². The molecule has 5 atom stereocenters. The molecule has 2 unspecified atom stereocenters. The van der Waals surface area contributed by atoms with Crippen molar-refractivity contribution in [3.63, 3.8) is 0 Å². The normalized spacial score (nSPS) is 14.7. The van der Waals surface area contributed by atoms with Crippen LogP contribution in [0.15, 0.2) is 0 Å². The van der Waals surface area contributed by atoms with Crippen molar-refractivity contribution < 1.29 is 80.2 Å². The van der Waals surface area contributed by atoms with Crippen LogP contribution in [-0.2, 0) is 65.4 Å². The molecule has 0 aliphatic rings. The molecule has 0 amide bonds. The second kappa shape index (κ2) is 43.1. The summed E-state index contributed by atoms with van der Waals surface area (Å²) in [4.78, 5) is 70.0. The van der Waals surface area contributed by atoms with Gasteiger partial charge in [-0.3, -0.25) is 37.3 Å². The smallest absolute Gasteiger partial charge is 0.462 e. The van der Waals surface area contributed by atoms with Gasteiger partial charge in [-0.2, -0.15) is 0 Å². The molecule has 19 heteroatoms. The summed E-state index contributed by atoms with van der Waals surface area (Å²) < 4.78 is 66.2. The van der Waals surface area contributed by atoms with Gasteiger partial charge in [0.25, 0.3) is 0 Å². The van der Waals surface area contributed by atoms with Gasteiger partial charge in [-0.05, 0) is 25.7 Å². The van der Waals surface area contributed by atoms with E-state index in [1.165, 1.54) is 64.2 Å². The quantitative estimate of drug-likeness (QED) is 0.0222. The fourth-order valence-electron chi connectivity index (χ4n) is 6.67. The van der Waals surface area contributed by atoms with Crippen LogP contribution < -0.4 is 0 Å². The van der Waals surface area contributed by atoms with E-state index in [4.69, 9.17) is 37.0 Å². The van der Waals surface area contributed by atoms with Gasteiger partial charge in [0, 0.05) is 25.7 Å². The molecule has 390 valence electrons. The third kappa shape index (κ3) is 42.2. The monoisotopic (exact) mass is 989 g/mol. The number of hydrogen-bond acceptors (Lipinski definition) is 15. The van der Waals surface area contributed by atoms with E-state index >= 15 is 0 Å². The van der Waals surface area contributed by atoms with Gasteiger partial charge in [-0.1, -0.05) is 169 Å². The maximum Gasteiger partial charge on any atom is 0.472 e. The van der Waals surface area contributed by atoms with Crippen molar-refractivity contribution in [1.29, 1.82) is 0 Å². The highest BCUT2D eigenvalue weighted by molar-refractivity contribution is 7.47. The number of carbonyl (C=O) groups excluding carboxylic acids is 4. The fraction of sp³-hybridized carbons (Fsp3) is 0.915. The number of aliphatic hydroxyl groups is 1. The lowest BCUT2D eigenvalue weighted by atomic mass is 10.0. The first kappa shape index (κ1) is 64.1. The second-order valence-corrected chi connectivity index (χ2v) is 20.0. The number of unbranched alkanes of at least 4 members (excludes halogenated alkanes) is 22. The summed E-state index contributed by atoms with van der Waals surface area (Å²) in [5.74, 6) is -2.24. The predicted octanol–water partition coefficient (Wildman–Crippen LogP) is 11.3. The van der Waals surface area contributed by atoms with E-state index < -0.39 is 97.5 Å². The highest BCUT2D eigenvalue weighted by Crippen LogP contribution is 2.45. The first-order chi connectivity index (χ1) is 31.7. The Kier molecular flexibility index (Phi) is 41.8. The molecule has 0 aliphatic carbocycles. The zero-order valence-corrected chi connectivity index (χ0v) is 42.9. The first-order valence-corrected chi connectivity index (χ1v) is 28.3. The molecule has 17 nitrogen and oxygen atoms in total. The van der Waals surface area contributed by atoms with Crippen molar-refractivity contribution >= 4 is 39.5 Å². The number of phosphoric acid groups is 2. The Morgan fingerprint density at radius 3 is 0.970 bits per heavy atom. The van der Waals surface area contributed by atoms with Gasteiger partial charge in [-0.25, -0.2) is 9.13 Å². The number of esters is 4. The highest BCUT2D eigenvalue weighted by atomic mass is 31.2. The van der Waals surface area contributed by atoms with Crippen molar-refractivity contribution in [3.8, 4) is 0 Å². The predicted molar refractivity (Wildman–Crippen MR) is 252 cm³/mol. The lowest BCUT2D eigenvalue weighted by molar-refractivity contribution is -0.161. The molecule has 0 rings (SSSR count). The molecule has 3 N–H and O–H groups in total. The summed E-state index contributed by atoms with van der Waals surface area (Å²) in [6, 6.07) is 0. The number of rotatable bonds is 48. The molecule has 0 aromatic heterocycles. The van der Waals surface area contributed by atoms with E-state index in [-0.39, 0.29) is 25.7 Å². The molecule has 0 bridgehead atoms. The molecule has 0 spiro atoms. The standard InChI is InChI=1S/C47H90O17P2/c1-5-9-12-15-17-18-19-20-21-22-23-24-25-27-30-34-47(52)63-42(37-57-44(49)31-8-4)39-61-65(53,54)59-35-41(48)36-60-66(55,56)62-40-43(38-58-45(50)32-28-14-11-7-3)64-46(51)33-29-26-16-13-10-6-2/h41-43,48H,5-40H2,1-4H3,(H,53,54)(H,55,56)/t41-,42+,43+/m0/s1. The topological polar surface area (TPSA) is 237 Å². The zero-order chi connectivity index (χ0) is 49.2. The molecule has 0 fully saturated rings. The van der Waals surface area contributed by atoms with Gasteiger partial charge >= 0.3 is 39.5 Å². The van der Waals surface area contributed by atoms with Gasteiger partial charge in [0.2, 0.25) is 0 Å². The minimum atomic E-state index is -4.90. The Bertz CT molecular complexity index is 1320. The molecule has 0 aromatic rings. The summed E-state index contributed by atoms with van der Waals surface area (Å²) in [6.45, 7) is 4.19. The van der Waals surface area contributed by atoms with Crippen LogP contribution in [0.2, 0.25) is 0 Å². The molecule has 0 saturated heterocycles.